The fraction of sp³-hybridized carbons (Fsp3) is 0.125. The van der Waals surface area contributed by atoms with Gasteiger partial charge in [0.05, 0.1) is 13.0 Å². The Bertz CT molecular complexity index is 1200. The van der Waals surface area contributed by atoms with Crippen LogP contribution in [-0.2, 0) is 10.5 Å². The summed E-state index contributed by atoms with van der Waals surface area (Å²) in [5, 5.41) is 3.47. The first kappa shape index (κ1) is 21.5. The number of carbonyl (C=O) groups excluding carboxylic acids is 2. The third-order valence-corrected chi connectivity index (χ3v) is 5.49. The number of thioether (sulfide) groups is 1. The molecule has 0 spiro atoms. The number of hydrogen-bond donors (Lipinski definition) is 2. The minimum Gasteiger partial charge on any atom is -0.493 e. The highest BCUT2D eigenvalue weighted by molar-refractivity contribution is 7.98. The molecule has 0 saturated carbocycles. The molecule has 0 radical (unpaired) electrons. The topological polar surface area (TPSA) is 107 Å². The number of nitrogens with two attached hydrogens (primary N) is 1. The lowest BCUT2D eigenvalue weighted by molar-refractivity contribution is -0.118. The molecule has 8 heteroatoms. The molecule has 32 heavy (non-hydrogen) atoms. The van der Waals surface area contributed by atoms with Crippen LogP contribution in [0.1, 0.15) is 22.3 Å². The normalized spacial score (nSPS) is 10.8. The third kappa shape index (κ3) is 5.47. The summed E-state index contributed by atoms with van der Waals surface area (Å²) in [6.45, 7) is 0.214. The molecule has 0 aliphatic carbocycles. The van der Waals surface area contributed by atoms with E-state index in [2.05, 4.69) is 10.3 Å². The Labute approximate surface area is 189 Å². The van der Waals surface area contributed by atoms with Crippen LogP contribution < -0.4 is 15.8 Å². The maximum Gasteiger partial charge on any atom is 0.257 e. The van der Waals surface area contributed by atoms with Crippen molar-refractivity contribution < 1.29 is 18.7 Å². The van der Waals surface area contributed by atoms with Crippen LogP contribution in [0.3, 0.4) is 0 Å². The van der Waals surface area contributed by atoms with E-state index in [-0.39, 0.29) is 18.9 Å². The van der Waals surface area contributed by atoms with Gasteiger partial charge in [-0.15, -0.1) is 0 Å². The van der Waals surface area contributed by atoms with Gasteiger partial charge in [0.25, 0.3) is 11.1 Å². The molecule has 0 aliphatic heterocycles. The molecule has 0 unspecified atom stereocenters. The number of para-hydroxylation sites is 2. The average molecular weight is 448 g/mol. The number of aromatic nitrogens is 1. The van der Waals surface area contributed by atoms with Gasteiger partial charge in [0.15, 0.2) is 5.58 Å². The summed E-state index contributed by atoms with van der Waals surface area (Å²) in [5.41, 5.74) is 8.74. The van der Waals surface area contributed by atoms with E-state index in [9.17, 15) is 9.59 Å². The minimum atomic E-state index is -0.415. The Hall–Kier alpha value is -3.78. The van der Waals surface area contributed by atoms with E-state index in [1.165, 1.54) is 11.8 Å². The zero-order valence-electron chi connectivity index (χ0n) is 17.1. The second-order valence-corrected chi connectivity index (χ2v) is 7.86. The number of nitrogens with one attached hydrogen (secondary N) is 1. The van der Waals surface area contributed by atoms with Gasteiger partial charge in [-0.2, -0.15) is 0 Å². The number of nitrogens with zero attached hydrogens (tertiary/aromatic N) is 1. The number of carbonyl (C=O) groups is 2. The van der Waals surface area contributed by atoms with Crippen LogP contribution in [0.25, 0.3) is 11.1 Å². The average Bonchev–Trinajstić information content (AvgIpc) is 3.22. The number of oxazole rings is 1. The van der Waals surface area contributed by atoms with Gasteiger partial charge in [-0.05, 0) is 48.0 Å². The summed E-state index contributed by atoms with van der Waals surface area (Å²) in [5.74, 6) is 0.519. The van der Waals surface area contributed by atoms with Gasteiger partial charge < -0.3 is 20.2 Å². The lowest BCUT2D eigenvalue weighted by atomic mass is 10.1. The van der Waals surface area contributed by atoms with Gasteiger partial charge in [0.1, 0.15) is 11.3 Å². The molecule has 162 valence electrons. The van der Waals surface area contributed by atoms with Crippen molar-refractivity contribution in [2.45, 2.75) is 17.4 Å². The van der Waals surface area contributed by atoms with E-state index < -0.39 is 5.91 Å². The van der Waals surface area contributed by atoms with Gasteiger partial charge >= 0.3 is 0 Å². The summed E-state index contributed by atoms with van der Waals surface area (Å²) < 4.78 is 11.2. The highest BCUT2D eigenvalue weighted by Crippen LogP contribution is 2.27. The number of amides is 2. The monoisotopic (exact) mass is 447 g/mol. The first-order valence-electron chi connectivity index (χ1n) is 9.97. The summed E-state index contributed by atoms with van der Waals surface area (Å²) in [6, 6.07) is 22.0. The number of hydrogen-bond acceptors (Lipinski definition) is 6. The number of benzene rings is 3. The first-order valence-corrected chi connectivity index (χ1v) is 11.0. The van der Waals surface area contributed by atoms with Gasteiger partial charge in [0, 0.05) is 17.0 Å². The van der Waals surface area contributed by atoms with Crippen molar-refractivity contribution in [2.75, 3.05) is 11.9 Å². The molecule has 0 fully saturated rings. The third-order valence-electron chi connectivity index (χ3n) is 4.62. The fourth-order valence-corrected chi connectivity index (χ4v) is 3.86. The molecule has 0 atom stereocenters. The second kappa shape index (κ2) is 10.0. The summed E-state index contributed by atoms with van der Waals surface area (Å²) in [7, 11) is 0. The molecule has 1 aromatic heterocycles. The van der Waals surface area contributed by atoms with Crippen molar-refractivity contribution in [3.63, 3.8) is 0 Å². The summed E-state index contributed by atoms with van der Waals surface area (Å²) in [4.78, 5) is 28.1. The van der Waals surface area contributed by atoms with E-state index in [4.69, 9.17) is 14.9 Å². The lowest BCUT2D eigenvalue weighted by Gasteiger charge is -2.10. The van der Waals surface area contributed by atoms with Crippen LogP contribution in [0, 0.1) is 0 Å². The van der Waals surface area contributed by atoms with Crippen LogP contribution in [0.5, 0.6) is 5.75 Å². The highest BCUT2D eigenvalue weighted by Gasteiger charge is 2.13. The number of primary amides is 1. The molecular weight excluding hydrogens is 426 g/mol. The first-order chi connectivity index (χ1) is 15.6. The van der Waals surface area contributed by atoms with E-state index in [1.807, 2.05) is 42.5 Å². The number of rotatable bonds is 9. The Morgan fingerprint density at radius 1 is 1.00 bits per heavy atom. The van der Waals surface area contributed by atoms with Crippen molar-refractivity contribution in [3.8, 4) is 5.75 Å². The molecule has 0 bridgehead atoms. The molecule has 4 rings (SSSR count). The van der Waals surface area contributed by atoms with E-state index in [0.717, 1.165) is 16.7 Å². The largest absolute Gasteiger partial charge is 0.493 e. The summed E-state index contributed by atoms with van der Waals surface area (Å²) in [6.07, 6.45) is 0.150. The van der Waals surface area contributed by atoms with Gasteiger partial charge in [-0.25, -0.2) is 4.98 Å². The van der Waals surface area contributed by atoms with E-state index >= 15 is 0 Å². The van der Waals surface area contributed by atoms with E-state index in [0.29, 0.717) is 28.0 Å². The van der Waals surface area contributed by atoms with E-state index in [1.54, 1.807) is 30.3 Å². The van der Waals surface area contributed by atoms with Crippen LogP contribution in [0.2, 0.25) is 0 Å². The minimum absolute atomic E-state index is 0.150. The van der Waals surface area contributed by atoms with Crippen LogP contribution in [0.4, 0.5) is 5.69 Å². The Balaban J connectivity index is 1.39. The Morgan fingerprint density at radius 2 is 1.75 bits per heavy atom. The predicted molar refractivity (Wildman–Crippen MR) is 124 cm³/mol. The second-order valence-electron chi connectivity index (χ2n) is 6.94. The number of ether oxygens (including phenoxy) is 1. The standard InChI is InChI=1S/C24H21N3O4S/c25-22(28)13-14-30-18-11-9-17(10-12-18)26-23(29)19-6-2-1-5-16(19)15-32-24-27-20-7-3-4-8-21(20)31-24/h1-12H,13-15H2,(H2,25,28)(H,26,29). The van der Waals surface area contributed by atoms with Crippen molar-refractivity contribution in [1.82, 2.24) is 4.98 Å². The van der Waals surface area contributed by atoms with Crippen molar-refractivity contribution in [1.29, 1.82) is 0 Å². The zero-order chi connectivity index (χ0) is 22.3. The molecule has 2 amide bonds. The SMILES string of the molecule is NC(=O)CCOc1ccc(NC(=O)c2ccccc2CSc2nc3ccccc3o2)cc1. The van der Waals surface area contributed by atoms with Crippen molar-refractivity contribution >= 4 is 40.4 Å². The maximum atomic E-state index is 12.9. The van der Waals surface area contributed by atoms with Crippen LogP contribution in [-0.4, -0.2) is 23.4 Å². The van der Waals surface area contributed by atoms with Crippen molar-refractivity contribution in [2.24, 2.45) is 5.73 Å². The van der Waals surface area contributed by atoms with Gasteiger partial charge in [-0.3, -0.25) is 9.59 Å². The molecule has 7 nitrogen and oxygen atoms in total. The summed E-state index contributed by atoms with van der Waals surface area (Å²) >= 11 is 1.44. The number of anilines is 1. The smallest absolute Gasteiger partial charge is 0.257 e. The number of fused-ring (bicyclic) bond motifs is 1. The lowest BCUT2D eigenvalue weighted by Crippen LogP contribution is -2.15. The Morgan fingerprint density at radius 3 is 2.53 bits per heavy atom. The maximum absolute atomic E-state index is 12.9. The highest BCUT2D eigenvalue weighted by atomic mass is 32.2. The fourth-order valence-electron chi connectivity index (χ4n) is 3.02. The molecule has 3 N–H and O–H groups in total. The molecule has 3 aromatic carbocycles. The van der Waals surface area contributed by atoms with Crippen molar-refractivity contribution in [3.05, 3.63) is 83.9 Å². The molecule has 0 aliphatic rings. The molecule has 0 saturated heterocycles. The zero-order valence-corrected chi connectivity index (χ0v) is 17.9. The quantitative estimate of drug-likeness (QED) is 0.362. The molecule has 4 aromatic rings. The molecular formula is C24H21N3O4S. The van der Waals surface area contributed by atoms with Gasteiger partial charge in [0.2, 0.25) is 5.91 Å². The molecule has 1 heterocycles. The van der Waals surface area contributed by atoms with Gasteiger partial charge in [-0.1, -0.05) is 42.1 Å². The Kier molecular flexibility index (Phi) is 6.72. The predicted octanol–water partition coefficient (Wildman–Crippen LogP) is 4.63. The van der Waals surface area contributed by atoms with Crippen LogP contribution in [0.15, 0.2) is 82.4 Å². The van der Waals surface area contributed by atoms with Crippen LogP contribution >= 0.6 is 11.8 Å².